The molecule has 0 bridgehead atoms. The Bertz CT molecular complexity index is 156. The van der Waals surface area contributed by atoms with Crippen molar-refractivity contribution in [1.82, 2.24) is 0 Å². The van der Waals surface area contributed by atoms with Crippen molar-refractivity contribution in [2.45, 2.75) is 12.8 Å². The molecular formula is C8H10O. The zero-order valence-corrected chi connectivity index (χ0v) is 5.34. The lowest BCUT2D eigenvalue weighted by molar-refractivity contribution is -0.116. The van der Waals surface area contributed by atoms with Gasteiger partial charge in [-0.05, 0) is 18.9 Å². The molecule has 1 heteroatoms. The lowest BCUT2D eigenvalue weighted by Gasteiger charge is -1.98. The number of ketones is 1. The maximum Gasteiger partial charge on any atom is 0.161 e. The van der Waals surface area contributed by atoms with E-state index in [1.54, 1.807) is 0 Å². The van der Waals surface area contributed by atoms with Gasteiger partial charge in [-0.1, -0.05) is 18.7 Å². The minimum absolute atomic E-state index is 0.141. The highest BCUT2D eigenvalue weighted by Crippen LogP contribution is 2.17. The molecule has 0 aromatic carbocycles. The van der Waals surface area contributed by atoms with Crippen LogP contribution in [0.25, 0.3) is 0 Å². The average molecular weight is 122 g/mol. The summed E-state index contributed by atoms with van der Waals surface area (Å²) >= 11 is 0. The molecule has 1 aliphatic rings. The molecule has 1 nitrogen and oxygen atoms in total. The largest absolute Gasteiger partial charge is 0.294 e. The molecule has 0 fully saturated rings. The van der Waals surface area contributed by atoms with Crippen LogP contribution >= 0.6 is 0 Å². The number of hydrogen-bond acceptors (Lipinski definition) is 1. The van der Waals surface area contributed by atoms with Crippen LogP contribution in [0.1, 0.15) is 12.8 Å². The molecule has 0 unspecified atom stereocenters. The highest BCUT2D eigenvalue weighted by atomic mass is 16.1. The van der Waals surface area contributed by atoms with Gasteiger partial charge < -0.3 is 0 Å². The molecule has 0 spiro atoms. The molecule has 48 valence electrons. The van der Waals surface area contributed by atoms with Gasteiger partial charge in [0.25, 0.3) is 0 Å². The first-order chi connectivity index (χ1) is 4.34. The summed E-state index contributed by atoms with van der Waals surface area (Å²) in [6, 6.07) is 0. The van der Waals surface area contributed by atoms with Gasteiger partial charge in [0.15, 0.2) is 5.78 Å². The van der Waals surface area contributed by atoms with Gasteiger partial charge in [0.1, 0.15) is 0 Å². The number of hydrogen-bond donors (Lipinski definition) is 0. The predicted octanol–water partition coefficient (Wildman–Crippen LogP) is 1.71. The van der Waals surface area contributed by atoms with Crippen LogP contribution in [0.2, 0.25) is 0 Å². The van der Waals surface area contributed by atoms with Gasteiger partial charge in [-0.2, -0.15) is 0 Å². The van der Waals surface area contributed by atoms with Crippen LogP contribution in [0.4, 0.5) is 0 Å². The van der Waals surface area contributed by atoms with Crippen molar-refractivity contribution in [3.05, 3.63) is 24.8 Å². The first kappa shape index (κ1) is 6.27. The van der Waals surface area contributed by atoms with Gasteiger partial charge >= 0.3 is 0 Å². The summed E-state index contributed by atoms with van der Waals surface area (Å²) < 4.78 is 0. The molecule has 0 heterocycles. The fourth-order valence-electron chi connectivity index (χ4n) is 1.02. The molecule has 1 aliphatic carbocycles. The summed E-state index contributed by atoms with van der Waals surface area (Å²) in [5.74, 6) is 0.297. The molecule has 1 rings (SSSR count). The Morgan fingerprint density at radius 3 is 3.00 bits per heavy atom. The Hall–Kier alpha value is -0.850. The molecular weight excluding hydrogens is 112 g/mol. The van der Waals surface area contributed by atoms with Crippen molar-refractivity contribution in [2.75, 3.05) is 0 Å². The molecule has 9 heavy (non-hydrogen) atoms. The molecule has 0 aromatic rings. The normalized spacial score (nSPS) is 24.2. The number of rotatable bonds is 2. The smallest absolute Gasteiger partial charge is 0.161 e. The molecule has 0 aliphatic heterocycles. The summed E-state index contributed by atoms with van der Waals surface area (Å²) in [6.45, 7) is 3.42. The number of carbonyl (C=O) groups is 1. The Kier molecular flexibility index (Phi) is 1.83. The molecule has 0 radical (unpaired) electrons. The third kappa shape index (κ3) is 1.28. The minimum atomic E-state index is 0.141. The van der Waals surface area contributed by atoms with Gasteiger partial charge in [-0.3, -0.25) is 4.79 Å². The molecule has 1 atom stereocenters. The topological polar surface area (TPSA) is 17.1 Å². The van der Waals surface area contributed by atoms with Gasteiger partial charge in [-0.25, -0.2) is 0 Å². The van der Waals surface area contributed by atoms with Crippen molar-refractivity contribution < 1.29 is 4.79 Å². The van der Waals surface area contributed by atoms with Gasteiger partial charge in [0, 0.05) is 5.92 Å². The van der Waals surface area contributed by atoms with Crippen LogP contribution in [0.15, 0.2) is 24.8 Å². The molecule has 0 saturated heterocycles. The molecule has 0 aromatic heterocycles. The fourth-order valence-corrected chi connectivity index (χ4v) is 1.02. The lowest BCUT2D eigenvalue weighted by Crippen LogP contribution is -2.04. The summed E-state index contributed by atoms with van der Waals surface area (Å²) in [5, 5.41) is 0. The Balaban J connectivity index is 2.52. The summed E-state index contributed by atoms with van der Waals surface area (Å²) in [6.07, 6.45) is 7.44. The number of allylic oxidation sites excluding steroid dienone is 3. The Labute approximate surface area is 55.1 Å². The Morgan fingerprint density at radius 2 is 2.56 bits per heavy atom. The van der Waals surface area contributed by atoms with E-state index in [2.05, 4.69) is 6.58 Å². The second-order valence-electron chi connectivity index (χ2n) is 2.22. The Morgan fingerprint density at radius 1 is 1.78 bits per heavy atom. The van der Waals surface area contributed by atoms with Crippen LogP contribution < -0.4 is 0 Å². The van der Waals surface area contributed by atoms with E-state index in [9.17, 15) is 4.79 Å². The minimum Gasteiger partial charge on any atom is -0.294 e. The van der Waals surface area contributed by atoms with Crippen LogP contribution in [0, 0.1) is 5.92 Å². The van der Waals surface area contributed by atoms with Crippen molar-refractivity contribution in [1.29, 1.82) is 0 Å². The fraction of sp³-hybridized carbons (Fsp3) is 0.375. The van der Waals surface area contributed by atoms with E-state index in [1.807, 2.05) is 12.2 Å². The monoisotopic (exact) mass is 122 g/mol. The second kappa shape index (κ2) is 2.62. The van der Waals surface area contributed by atoms with Gasteiger partial charge in [-0.15, -0.1) is 0 Å². The van der Waals surface area contributed by atoms with E-state index in [1.165, 1.54) is 6.08 Å². The van der Waals surface area contributed by atoms with Gasteiger partial charge in [0.2, 0.25) is 0 Å². The van der Waals surface area contributed by atoms with E-state index in [-0.39, 0.29) is 11.7 Å². The van der Waals surface area contributed by atoms with Crippen molar-refractivity contribution in [3.8, 4) is 0 Å². The van der Waals surface area contributed by atoms with Crippen LogP contribution in [-0.4, -0.2) is 5.78 Å². The SMILES string of the molecule is C=CC(=O)[C@@H]1C=CCC1. The quantitative estimate of drug-likeness (QED) is 0.402. The second-order valence-corrected chi connectivity index (χ2v) is 2.22. The van der Waals surface area contributed by atoms with Crippen LogP contribution in [0.5, 0.6) is 0 Å². The average Bonchev–Trinajstić information content (AvgIpc) is 2.37. The first-order valence-electron chi connectivity index (χ1n) is 3.17. The zero-order valence-electron chi connectivity index (χ0n) is 5.34. The standard InChI is InChI=1S/C8H10O/c1-2-8(9)7-5-3-4-6-7/h2-3,5,7H,1,4,6H2/t7-/m1/s1. The zero-order chi connectivity index (χ0) is 6.69. The maximum atomic E-state index is 10.8. The van der Waals surface area contributed by atoms with E-state index in [0.29, 0.717) is 0 Å². The van der Waals surface area contributed by atoms with Crippen molar-refractivity contribution >= 4 is 5.78 Å². The first-order valence-corrected chi connectivity index (χ1v) is 3.17. The summed E-state index contributed by atoms with van der Waals surface area (Å²) in [7, 11) is 0. The summed E-state index contributed by atoms with van der Waals surface area (Å²) in [5.41, 5.74) is 0. The summed E-state index contributed by atoms with van der Waals surface area (Å²) in [4.78, 5) is 10.8. The number of carbonyl (C=O) groups excluding carboxylic acids is 1. The highest BCUT2D eigenvalue weighted by molar-refractivity contribution is 5.92. The maximum absolute atomic E-state index is 10.8. The predicted molar refractivity (Wildman–Crippen MR) is 37.1 cm³/mol. The van der Waals surface area contributed by atoms with E-state index in [4.69, 9.17) is 0 Å². The van der Waals surface area contributed by atoms with Gasteiger partial charge in [0.05, 0.1) is 0 Å². The van der Waals surface area contributed by atoms with Crippen LogP contribution in [0.3, 0.4) is 0 Å². The lowest BCUT2D eigenvalue weighted by atomic mass is 10.0. The van der Waals surface area contributed by atoms with E-state index >= 15 is 0 Å². The van der Waals surface area contributed by atoms with E-state index in [0.717, 1.165) is 12.8 Å². The molecule has 0 saturated carbocycles. The molecule has 0 amide bonds. The third-order valence-corrected chi connectivity index (χ3v) is 1.58. The van der Waals surface area contributed by atoms with Crippen LogP contribution in [-0.2, 0) is 4.79 Å². The molecule has 0 N–H and O–H groups in total. The third-order valence-electron chi connectivity index (χ3n) is 1.58. The van der Waals surface area contributed by atoms with Crippen molar-refractivity contribution in [2.24, 2.45) is 5.92 Å². The van der Waals surface area contributed by atoms with E-state index < -0.39 is 0 Å². The highest BCUT2D eigenvalue weighted by Gasteiger charge is 2.13. The van der Waals surface area contributed by atoms with Crippen molar-refractivity contribution in [3.63, 3.8) is 0 Å².